The van der Waals surface area contributed by atoms with Gasteiger partial charge in [0.25, 0.3) is 0 Å². The topological polar surface area (TPSA) is 52.5 Å². The molecule has 2 heterocycles. The Hall–Kier alpha value is -1.98. The normalized spacial score (nSPS) is 20.3. The summed E-state index contributed by atoms with van der Waals surface area (Å²) >= 11 is 0. The first-order valence-corrected chi connectivity index (χ1v) is 8.57. The maximum Gasteiger partial charge on any atom is 0.151 e. The Morgan fingerprint density at radius 1 is 1.25 bits per heavy atom. The maximum absolute atomic E-state index is 10.8. The van der Waals surface area contributed by atoms with Gasteiger partial charge >= 0.3 is 0 Å². The Bertz CT molecular complexity index is 632. The number of aliphatic hydroxyl groups is 1. The van der Waals surface area contributed by atoms with Crippen LogP contribution in [0.2, 0.25) is 0 Å². The van der Waals surface area contributed by atoms with Crippen molar-refractivity contribution >= 4 is 5.82 Å². The molecule has 1 N–H and O–H groups in total. The van der Waals surface area contributed by atoms with Gasteiger partial charge in [0.2, 0.25) is 0 Å². The highest BCUT2D eigenvalue weighted by Gasteiger charge is 2.30. The third-order valence-corrected chi connectivity index (χ3v) is 4.73. The van der Waals surface area contributed by atoms with Crippen molar-refractivity contribution in [2.45, 2.75) is 31.4 Å². The van der Waals surface area contributed by atoms with E-state index in [1.54, 1.807) is 6.20 Å². The molecule has 1 aliphatic rings. The van der Waals surface area contributed by atoms with Crippen LogP contribution in [0.5, 0.6) is 0 Å². The van der Waals surface area contributed by atoms with Gasteiger partial charge in [-0.25, -0.2) is 0 Å². The minimum absolute atomic E-state index is 0.415. The van der Waals surface area contributed by atoms with E-state index in [0.717, 1.165) is 30.9 Å². The van der Waals surface area contributed by atoms with Crippen LogP contribution in [-0.2, 0) is 5.60 Å². The highest BCUT2D eigenvalue weighted by atomic mass is 16.3. The van der Waals surface area contributed by atoms with E-state index in [0.29, 0.717) is 12.6 Å². The first kappa shape index (κ1) is 16.9. The lowest BCUT2D eigenvalue weighted by atomic mass is 9.95. The van der Waals surface area contributed by atoms with E-state index in [4.69, 9.17) is 0 Å². The van der Waals surface area contributed by atoms with Gasteiger partial charge in [0.15, 0.2) is 5.82 Å². The van der Waals surface area contributed by atoms with Gasteiger partial charge in [-0.05, 0) is 44.5 Å². The summed E-state index contributed by atoms with van der Waals surface area (Å²) in [4.78, 5) is 4.55. The third kappa shape index (κ3) is 3.91. The van der Waals surface area contributed by atoms with E-state index in [2.05, 4.69) is 27.0 Å². The fourth-order valence-electron chi connectivity index (χ4n) is 3.61. The average molecular weight is 326 g/mol. The quantitative estimate of drug-likeness (QED) is 0.883. The number of rotatable bonds is 6. The number of anilines is 1. The third-order valence-electron chi connectivity index (χ3n) is 4.73. The van der Waals surface area contributed by atoms with Crippen LogP contribution in [0.15, 0.2) is 48.7 Å². The molecular weight excluding hydrogens is 300 g/mol. The number of hydrogen-bond acceptors (Lipinski definition) is 5. The minimum atomic E-state index is -0.855. The molecule has 5 nitrogen and oxygen atoms in total. The van der Waals surface area contributed by atoms with Gasteiger partial charge in [-0.1, -0.05) is 30.3 Å². The van der Waals surface area contributed by atoms with Crippen LogP contribution in [0.1, 0.15) is 25.3 Å². The molecular formula is C19H26N4O. The molecule has 128 valence electrons. The molecule has 2 aromatic rings. The van der Waals surface area contributed by atoms with Gasteiger partial charge in [-0.15, -0.1) is 5.10 Å². The Kier molecular flexibility index (Phi) is 5.11. The second kappa shape index (κ2) is 7.28. The zero-order chi connectivity index (χ0) is 17.0. The lowest BCUT2D eigenvalue weighted by Gasteiger charge is -2.33. The molecule has 0 spiro atoms. The fourth-order valence-corrected chi connectivity index (χ4v) is 3.61. The Morgan fingerprint density at radius 3 is 2.75 bits per heavy atom. The number of nitrogens with zero attached hydrogens (tertiary/aromatic N) is 4. The van der Waals surface area contributed by atoms with Gasteiger partial charge in [0.05, 0.1) is 5.60 Å². The highest BCUT2D eigenvalue weighted by molar-refractivity contribution is 5.39. The summed E-state index contributed by atoms with van der Waals surface area (Å²) in [6.07, 6.45) is 4.02. The molecule has 0 radical (unpaired) electrons. The summed E-state index contributed by atoms with van der Waals surface area (Å²) in [6, 6.07) is 14.2. The predicted molar refractivity (Wildman–Crippen MR) is 95.9 cm³/mol. The smallest absolute Gasteiger partial charge is 0.151 e. The molecule has 0 amide bonds. The molecule has 0 aliphatic carbocycles. The van der Waals surface area contributed by atoms with Crippen molar-refractivity contribution in [1.82, 2.24) is 15.1 Å². The van der Waals surface area contributed by atoms with Crippen molar-refractivity contribution in [2.24, 2.45) is 0 Å². The maximum atomic E-state index is 10.8. The molecule has 3 rings (SSSR count). The van der Waals surface area contributed by atoms with Crippen LogP contribution in [0, 0.1) is 0 Å². The van der Waals surface area contributed by atoms with Crippen LogP contribution in [0.25, 0.3) is 0 Å². The Labute approximate surface area is 143 Å². The van der Waals surface area contributed by atoms with Gasteiger partial charge in [0.1, 0.15) is 0 Å². The predicted octanol–water partition coefficient (Wildman–Crippen LogP) is 2.28. The SMILES string of the molecule is CN(C[C@H]1CCCN1c1cccnn1)C[C@@](C)(O)c1ccccc1. The zero-order valence-electron chi connectivity index (χ0n) is 14.5. The van der Waals surface area contributed by atoms with Gasteiger partial charge < -0.3 is 14.9 Å². The molecule has 0 unspecified atom stereocenters. The molecule has 2 atom stereocenters. The van der Waals surface area contributed by atoms with Crippen molar-refractivity contribution in [3.8, 4) is 0 Å². The van der Waals surface area contributed by atoms with Gasteiger partial charge in [0, 0.05) is 31.9 Å². The lowest BCUT2D eigenvalue weighted by Crippen LogP contribution is -2.44. The van der Waals surface area contributed by atoms with Crippen molar-refractivity contribution in [2.75, 3.05) is 31.6 Å². The van der Waals surface area contributed by atoms with E-state index >= 15 is 0 Å². The molecule has 0 bridgehead atoms. The van der Waals surface area contributed by atoms with E-state index in [1.165, 1.54) is 6.42 Å². The molecule has 5 heteroatoms. The first-order chi connectivity index (χ1) is 11.6. The van der Waals surface area contributed by atoms with E-state index in [9.17, 15) is 5.11 Å². The summed E-state index contributed by atoms with van der Waals surface area (Å²) in [6.45, 7) is 4.40. The number of benzene rings is 1. The average Bonchev–Trinajstić information content (AvgIpc) is 3.04. The summed E-state index contributed by atoms with van der Waals surface area (Å²) in [5.74, 6) is 0.947. The highest BCUT2D eigenvalue weighted by Crippen LogP contribution is 2.25. The molecule has 1 aromatic heterocycles. The number of likely N-dealkylation sites (N-methyl/N-ethyl adjacent to an activating group) is 1. The van der Waals surface area contributed by atoms with Crippen molar-refractivity contribution < 1.29 is 5.11 Å². The van der Waals surface area contributed by atoms with Crippen LogP contribution in [0.3, 0.4) is 0 Å². The van der Waals surface area contributed by atoms with Crippen LogP contribution < -0.4 is 4.90 Å². The Balaban J connectivity index is 1.63. The summed E-state index contributed by atoms with van der Waals surface area (Å²) in [5.41, 5.74) is 0.0977. The van der Waals surface area contributed by atoms with Gasteiger partial charge in [-0.3, -0.25) is 0 Å². The van der Waals surface area contributed by atoms with Crippen LogP contribution in [0.4, 0.5) is 5.82 Å². The fraction of sp³-hybridized carbons (Fsp3) is 0.474. The molecule has 1 aliphatic heterocycles. The van der Waals surface area contributed by atoms with Crippen molar-refractivity contribution in [3.05, 3.63) is 54.2 Å². The standard InChI is InChI=1S/C19H26N4O/c1-19(24,16-8-4-3-5-9-16)15-22(2)14-17-10-7-13-23(17)18-11-6-12-20-21-18/h3-6,8-9,11-12,17,24H,7,10,13-15H2,1-2H3/t17-,19-/m1/s1. The van der Waals surface area contributed by atoms with Gasteiger partial charge in [-0.2, -0.15) is 5.10 Å². The molecule has 1 saturated heterocycles. The lowest BCUT2D eigenvalue weighted by molar-refractivity contribution is 0.0222. The minimum Gasteiger partial charge on any atom is -0.384 e. The molecule has 1 fully saturated rings. The Morgan fingerprint density at radius 2 is 2.04 bits per heavy atom. The van der Waals surface area contributed by atoms with E-state index in [-0.39, 0.29) is 0 Å². The zero-order valence-corrected chi connectivity index (χ0v) is 14.5. The van der Waals surface area contributed by atoms with E-state index in [1.807, 2.05) is 49.4 Å². The van der Waals surface area contributed by atoms with Crippen molar-refractivity contribution in [3.63, 3.8) is 0 Å². The second-order valence-electron chi connectivity index (χ2n) is 6.91. The largest absolute Gasteiger partial charge is 0.384 e. The summed E-state index contributed by atoms with van der Waals surface area (Å²) in [7, 11) is 2.07. The number of aromatic nitrogens is 2. The van der Waals surface area contributed by atoms with Crippen molar-refractivity contribution in [1.29, 1.82) is 0 Å². The molecule has 24 heavy (non-hydrogen) atoms. The summed E-state index contributed by atoms with van der Waals surface area (Å²) < 4.78 is 0. The summed E-state index contributed by atoms with van der Waals surface area (Å²) in [5, 5.41) is 19.1. The number of hydrogen-bond donors (Lipinski definition) is 1. The first-order valence-electron chi connectivity index (χ1n) is 8.57. The molecule has 1 aromatic carbocycles. The van der Waals surface area contributed by atoms with Crippen LogP contribution in [-0.4, -0.2) is 52.9 Å². The van der Waals surface area contributed by atoms with E-state index < -0.39 is 5.60 Å². The molecule has 0 saturated carbocycles. The second-order valence-corrected chi connectivity index (χ2v) is 6.91. The monoisotopic (exact) mass is 326 g/mol. The van der Waals surface area contributed by atoms with Crippen LogP contribution >= 0.6 is 0 Å².